The molecule has 9 nitrogen and oxygen atoms in total. The largest absolute Gasteiger partial charge is 0.459 e. The van der Waals surface area contributed by atoms with E-state index in [-0.39, 0.29) is 18.1 Å². The number of aromatic nitrogens is 3. The van der Waals surface area contributed by atoms with Gasteiger partial charge in [-0.15, -0.1) is 0 Å². The number of benzene rings is 3. The fraction of sp³-hybridized carbons (Fsp3) is 0.325. The second-order valence-electron chi connectivity index (χ2n) is 13.1. The number of para-hydroxylation sites is 1. The number of carbonyl (C=O) groups excluding carboxylic acids is 1. The minimum atomic E-state index is -0.360. The molecule has 2 N–H and O–H groups in total. The van der Waals surface area contributed by atoms with Gasteiger partial charge in [0.1, 0.15) is 12.0 Å². The quantitative estimate of drug-likeness (QED) is 0.146. The minimum absolute atomic E-state index is 0.00674. The lowest BCUT2D eigenvalue weighted by molar-refractivity contribution is -0.0377. The topological polar surface area (TPSA) is 95.6 Å². The number of ether oxygens (including phenoxy) is 2. The average Bonchev–Trinajstić information content (AvgIpc) is 3.79. The smallest absolute Gasteiger partial charge is 0.253 e. The lowest BCUT2D eigenvalue weighted by Gasteiger charge is -2.33. The Morgan fingerprint density at radius 1 is 0.980 bits per heavy atom. The number of likely N-dealkylation sites (tertiary alicyclic amines) is 1. The van der Waals surface area contributed by atoms with Gasteiger partial charge in [0, 0.05) is 68.9 Å². The van der Waals surface area contributed by atoms with Gasteiger partial charge >= 0.3 is 0 Å². The molecule has 7 rings (SSSR count). The molecule has 0 radical (unpaired) electrons. The summed E-state index contributed by atoms with van der Waals surface area (Å²) in [6, 6.07) is 32.3. The number of nitrogens with zero attached hydrogens (tertiary/aromatic N) is 4. The molecule has 1 fully saturated rings. The summed E-state index contributed by atoms with van der Waals surface area (Å²) in [5.74, 6) is 1.67. The van der Waals surface area contributed by atoms with Crippen LogP contribution in [-0.2, 0) is 22.3 Å². The fourth-order valence-electron chi connectivity index (χ4n) is 6.81. The van der Waals surface area contributed by atoms with Crippen molar-refractivity contribution in [3.05, 3.63) is 138 Å². The lowest BCUT2D eigenvalue weighted by atomic mass is 10.00. The highest BCUT2D eigenvalue weighted by molar-refractivity contribution is 5.94. The number of H-pyrrole nitrogens is 1. The van der Waals surface area contributed by atoms with Gasteiger partial charge in [0.2, 0.25) is 12.2 Å². The van der Waals surface area contributed by atoms with E-state index in [2.05, 4.69) is 56.6 Å². The summed E-state index contributed by atoms with van der Waals surface area (Å²) in [5, 5.41) is 3.67. The maximum Gasteiger partial charge on any atom is 0.253 e. The van der Waals surface area contributed by atoms with Crippen molar-refractivity contribution in [1.29, 1.82) is 0 Å². The van der Waals surface area contributed by atoms with E-state index >= 15 is 0 Å². The van der Waals surface area contributed by atoms with E-state index in [1.807, 2.05) is 73.9 Å². The maximum atomic E-state index is 13.3. The predicted molar refractivity (Wildman–Crippen MR) is 192 cm³/mol. The molecule has 0 bridgehead atoms. The summed E-state index contributed by atoms with van der Waals surface area (Å²) in [6.07, 6.45) is 7.57. The molecule has 3 aromatic carbocycles. The van der Waals surface area contributed by atoms with Crippen LogP contribution in [0.15, 0.2) is 115 Å². The Labute approximate surface area is 288 Å². The van der Waals surface area contributed by atoms with Crippen LogP contribution >= 0.6 is 0 Å². The maximum absolute atomic E-state index is 13.3. The Balaban J connectivity index is 0.945. The van der Waals surface area contributed by atoms with Crippen LogP contribution in [0.3, 0.4) is 0 Å². The van der Waals surface area contributed by atoms with Crippen molar-refractivity contribution in [2.45, 2.75) is 44.4 Å². The third-order valence-electron chi connectivity index (χ3n) is 9.53. The second kappa shape index (κ2) is 15.4. The Bertz CT molecular complexity index is 1840. The van der Waals surface area contributed by atoms with Crippen molar-refractivity contribution >= 4 is 22.9 Å². The van der Waals surface area contributed by atoms with Crippen molar-refractivity contribution < 1.29 is 14.3 Å². The third-order valence-corrected chi connectivity index (χ3v) is 9.53. The average molecular weight is 657 g/mol. The van der Waals surface area contributed by atoms with Crippen molar-refractivity contribution in [3.63, 3.8) is 0 Å². The fourth-order valence-corrected chi connectivity index (χ4v) is 6.81. The Morgan fingerprint density at radius 2 is 1.76 bits per heavy atom. The van der Waals surface area contributed by atoms with Crippen molar-refractivity contribution in [2.24, 2.45) is 5.92 Å². The third kappa shape index (κ3) is 8.29. The first-order chi connectivity index (χ1) is 24.1. The van der Waals surface area contributed by atoms with Crippen LogP contribution < -0.4 is 5.32 Å². The molecule has 2 aliphatic heterocycles. The summed E-state index contributed by atoms with van der Waals surface area (Å²) < 4.78 is 12.3. The number of rotatable bonds is 13. The van der Waals surface area contributed by atoms with Crippen LogP contribution in [-0.4, -0.2) is 76.2 Å². The second-order valence-corrected chi connectivity index (χ2v) is 13.1. The number of fused-ring (bicyclic) bond motifs is 1. The van der Waals surface area contributed by atoms with E-state index in [0.717, 1.165) is 73.8 Å². The zero-order valence-corrected chi connectivity index (χ0v) is 28.0. The van der Waals surface area contributed by atoms with Crippen LogP contribution in [0.1, 0.15) is 46.4 Å². The number of hydrogen-bond donors (Lipinski definition) is 2. The minimum Gasteiger partial charge on any atom is -0.459 e. The first-order valence-corrected chi connectivity index (χ1v) is 17.3. The molecule has 1 saturated heterocycles. The molecule has 2 aliphatic rings. The highest BCUT2D eigenvalue weighted by atomic mass is 16.7. The van der Waals surface area contributed by atoms with Gasteiger partial charge in [0.15, 0.2) is 0 Å². The molecule has 9 heteroatoms. The van der Waals surface area contributed by atoms with E-state index in [9.17, 15) is 4.79 Å². The molecule has 2 aromatic heterocycles. The number of nitrogens with one attached hydrogen (secondary N) is 2. The molecule has 4 heterocycles. The highest BCUT2D eigenvalue weighted by Gasteiger charge is 2.30. The molecule has 2 atom stereocenters. The SMILES string of the molecule is CN(CC(CCN1CCC(Nc2nc3c(Cc4ccccn4)cccc3[nH]2)CC1)C1=COC(Cc2ccccc2)O1)C(=O)c1ccccc1. The Kier molecular flexibility index (Phi) is 10.2. The molecule has 5 aromatic rings. The van der Waals surface area contributed by atoms with Gasteiger partial charge in [-0.1, -0.05) is 66.7 Å². The van der Waals surface area contributed by atoms with Gasteiger partial charge in [-0.25, -0.2) is 4.98 Å². The van der Waals surface area contributed by atoms with Gasteiger partial charge < -0.3 is 29.6 Å². The number of imidazole rings is 1. The molecular formula is C40H44N6O3. The number of pyridine rings is 1. The first-order valence-electron chi connectivity index (χ1n) is 17.3. The van der Waals surface area contributed by atoms with E-state index < -0.39 is 0 Å². The van der Waals surface area contributed by atoms with E-state index in [0.29, 0.717) is 24.6 Å². The normalized spacial score (nSPS) is 17.2. The number of piperidine rings is 1. The molecule has 49 heavy (non-hydrogen) atoms. The van der Waals surface area contributed by atoms with Crippen LogP contribution in [0.5, 0.6) is 0 Å². The molecule has 1 amide bonds. The number of aromatic amines is 1. The van der Waals surface area contributed by atoms with Gasteiger partial charge in [0.25, 0.3) is 5.91 Å². The van der Waals surface area contributed by atoms with Gasteiger partial charge in [0.05, 0.1) is 11.0 Å². The van der Waals surface area contributed by atoms with Gasteiger partial charge in [-0.3, -0.25) is 9.78 Å². The van der Waals surface area contributed by atoms with Crippen molar-refractivity contribution in [2.75, 3.05) is 38.5 Å². The van der Waals surface area contributed by atoms with Crippen molar-refractivity contribution in [1.82, 2.24) is 24.8 Å². The lowest BCUT2D eigenvalue weighted by Crippen LogP contribution is -2.41. The standard InChI is InChI=1S/C40H44N6O3/c1-45(39(47)30-13-6-3-7-14-30)27-32(36-28-48-37(49-36)25-29-11-4-2-5-12-29)18-22-46-23-19-33(20-24-46)42-40-43-35-17-10-15-31(38(35)44-40)26-34-16-8-9-21-41-34/h2-17,21,28,32-33,37H,18-20,22-27H2,1H3,(H2,42,43,44). The molecule has 0 aliphatic carbocycles. The molecule has 0 spiro atoms. The van der Waals surface area contributed by atoms with Gasteiger partial charge in [-0.05, 0) is 67.3 Å². The summed E-state index contributed by atoms with van der Waals surface area (Å²) in [4.78, 5) is 30.5. The highest BCUT2D eigenvalue weighted by Crippen LogP contribution is 2.29. The van der Waals surface area contributed by atoms with Crippen LogP contribution in [0, 0.1) is 5.92 Å². The van der Waals surface area contributed by atoms with Crippen molar-refractivity contribution in [3.8, 4) is 0 Å². The molecule has 2 unspecified atom stereocenters. The van der Waals surface area contributed by atoms with Crippen LogP contribution in [0.2, 0.25) is 0 Å². The zero-order chi connectivity index (χ0) is 33.4. The molecule has 252 valence electrons. The summed E-state index contributed by atoms with van der Waals surface area (Å²) >= 11 is 0. The molecular weight excluding hydrogens is 612 g/mol. The zero-order valence-electron chi connectivity index (χ0n) is 28.0. The number of anilines is 1. The Hall–Kier alpha value is -5.15. The van der Waals surface area contributed by atoms with E-state index in [1.165, 1.54) is 11.1 Å². The Morgan fingerprint density at radius 3 is 2.53 bits per heavy atom. The van der Waals surface area contributed by atoms with E-state index in [1.54, 1.807) is 11.2 Å². The first kappa shape index (κ1) is 32.4. The number of hydrogen-bond acceptors (Lipinski definition) is 7. The van der Waals surface area contributed by atoms with Crippen LogP contribution in [0.4, 0.5) is 5.95 Å². The summed E-state index contributed by atoms with van der Waals surface area (Å²) in [7, 11) is 1.87. The predicted octanol–water partition coefficient (Wildman–Crippen LogP) is 6.66. The number of carbonyl (C=O) groups is 1. The molecule has 0 saturated carbocycles. The summed E-state index contributed by atoms with van der Waals surface area (Å²) in [5.41, 5.74) is 6.08. The monoisotopic (exact) mass is 656 g/mol. The number of amides is 1. The van der Waals surface area contributed by atoms with E-state index in [4.69, 9.17) is 14.5 Å². The van der Waals surface area contributed by atoms with Crippen LogP contribution in [0.25, 0.3) is 11.0 Å². The summed E-state index contributed by atoms with van der Waals surface area (Å²) in [6.45, 7) is 3.44. The van der Waals surface area contributed by atoms with Gasteiger partial charge in [-0.2, -0.15) is 0 Å².